The molecule has 0 spiro atoms. The normalized spacial score (nSPS) is 11.8. The van der Waals surface area contributed by atoms with Crippen molar-refractivity contribution in [1.29, 1.82) is 0 Å². The highest BCUT2D eigenvalue weighted by molar-refractivity contribution is 7.92. The number of ether oxygens (including phenoxy) is 3. The maximum atomic E-state index is 13.7. The number of amides is 1. The summed E-state index contributed by atoms with van der Waals surface area (Å²) >= 11 is 6.03. The van der Waals surface area contributed by atoms with Crippen molar-refractivity contribution >= 4 is 33.2 Å². The standard InChI is InChI=1S/C32H33ClN2O6S/c1-22-5-16-29(17-6-22)42(37,38)35(20-24-7-10-26(33)11-8-24)27-12-14-28(15-13-27)41-21-32(36)34-23(2)25-9-18-30(39-3)31(19-25)40-4/h5-19,23H,20-21H2,1-4H3,(H,34,36)/t23-/m0/s1. The van der Waals surface area contributed by atoms with Crippen molar-refractivity contribution in [2.24, 2.45) is 0 Å². The van der Waals surface area contributed by atoms with Crippen LogP contribution in [0.2, 0.25) is 5.02 Å². The van der Waals surface area contributed by atoms with Crippen LogP contribution in [0.1, 0.15) is 29.7 Å². The Hall–Kier alpha value is -4.21. The summed E-state index contributed by atoms with van der Waals surface area (Å²) in [5.74, 6) is 1.28. The summed E-state index contributed by atoms with van der Waals surface area (Å²) in [5, 5.41) is 3.47. The Morgan fingerprint density at radius 3 is 2.14 bits per heavy atom. The number of halogens is 1. The molecule has 1 amide bonds. The van der Waals surface area contributed by atoms with E-state index in [0.29, 0.717) is 28.0 Å². The first-order valence-electron chi connectivity index (χ1n) is 13.2. The van der Waals surface area contributed by atoms with Crippen LogP contribution in [0.25, 0.3) is 0 Å². The first-order chi connectivity index (χ1) is 20.1. The maximum absolute atomic E-state index is 13.7. The van der Waals surface area contributed by atoms with E-state index >= 15 is 0 Å². The molecule has 220 valence electrons. The summed E-state index contributed by atoms with van der Waals surface area (Å²) in [7, 11) is -0.772. The molecule has 0 radical (unpaired) electrons. The highest BCUT2D eigenvalue weighted by Gasteiger charge is 2.25. The van der Waals surface area contributed by atoms with E-state index in [4.69, 9.17) is 25.8 Å². The summed E-state index contributed by atoms with van der Waals surface area (Å²) in [6.45, 7) is 3.65. The third-order valence-electron chi connectivity index (χ3n) is 6.63. The molecule has 0 heterocycles. The maximum Gasteiger partial charge on any atom is 0.264 e. The van der Waals surface area contributed by atoms with Crippen molar-refractivity contribution in [3.05, 3.63) is 113 Å². The molecular formula is C32H33ClN2O6S. The number of benzene rings is 4. The average Bonchev–Trinajstić information content (AvgIpc) is 2.99. The van der Waals surface area contributed by atoms with Crippen LogP contribution in [0.3, 0.4) is 0 Å². The molecular weight excluding hydrogens is 576 g/mol. The molecule has 4 aromatic rings. The molecule has 4 rings (SSSR count). The number of aryl methyl sites for hydroxylation is 1. The topological polar surface area (TPSA) is 94.2 Å². The molecule has 1 N–H and O–H groups in total. The van der Waals surface area contributed by atoms with Gasteiger partial charge in [-0.15, -0.1) is 0 Å². The molecule has 8 nitrogen and oxygen atoms in total. The highest BCUT2D eigenvalue weighted by atomic mass is 35.5. The zero-order chi connectivity index (χ0) is 30.3. The Kier molecular flexibility index (Phi) is 9.98. The summed E-state index contributed by atoms with van der Waals surface area (Å²) in [4.78, 5) is 12.8. The molecule has 0 aliphatic carbocycles. The van der Waals surface area contributed by atoms with Gasteiger partial charge in [0.1, 0.15) is 5.75 Å². The Balaban J connectivity index is 1.46. The van der Waals surface area contributed by atoms with Crippen molar-refractivity contribution in [2.75, 3.05) is 25.1 Å². The van der Waals surface area contributed by atoms with Crippen LogP contribution in [0.4, 0.5) is 5.69 Å². The van der Waals surface area contributed by atoms with Gasteiger partial charge in [0, 0.05) is 5.02 Å². The molecule has 0 saturated carbocycles. The van der Waals surface area contributed by atoms with Crippen molar-refractivity contribution < 1.29 is 27.4 Å². The minimum Gasteiger partial charge on any atom is -0.493 e. The minimum absolute atomic E-state index is 0.101. The van der Waals surface area contributed by atoms with Crippen LogP contribution >= 0.6 is 11.6 Å². The molecule has 0 aliphatic heterocycles. The summed E-state index contributed by atoms with van der Waals surface area (Å²) in [6.07, 6.45) is 0. The van der Waals surface area contributed by atoms with E-state index in [1.807, 2.05) is 26.0 Å². The molecule has 4 aromatic carbocycles. The van der Waals surface area contributed by atoms with Crippen molar-refractivity contribution in [3.8, 4) is 17.2 Å². The number of sulfonamides is 1. The minimum atomic E-state index is -3.89. The highest BCUT2D eigenvalue weighted by Crippen LogP contribution is 2.30. The van der Waals surface area contributed by atoms with Gasteiger partial charge >= 0.3 is 0 Å². The summed E-state index contributed by atoms with van der Waals surface area (Å²) in [5.41, 5.74) is 3.03. The van der Waals surface area contributed by atoms with Gasteiger partial charge in [-0.1, -0.05) is 47.5 Å². The van der Waals surface area contributed by atoms with Crippen LogP contribution < -0.4 is 23.8 Å². The van der Waals surface area contributed by atoms with Gasteiger partial charge in [0.05, 0.1) is 37.4 Å². The smallest absolute Gasteiger partial charge is 0.264 e. The van der Waals surface area contributed by atoms with Crippen molar-refractivity contribution in [1.82, 2.24) is 5.32 Å². The van der Waals surface area contributed by atoms with E-state index in [1.165, 1.54) is 4.31 Å². The first-order valence-corrected chi connectivity index (χ1v) is 15.0. The number of methoxy groups -OCH3 is 2. The van der Waals surface area contributed by atoms with Gasteiger partial charge < -0.3 is 19.5 Å². The Labute approximate surface area is 251 Å². The van der Waals surface area contributed by atoms with Crippen LogP contribution in [-0.2, 0) is 21.4 Å². The zero-order valence-corrected chi connectivity index (χ0v) is 25.4. The van der Waals surface area contributed by atoms with Gasteiger partial charge in [0.15, 0.2) is 18.1 Å². The number of rotatable bonds is 12. The summed E-state index contributed by atoms with van der Waals surface area (Å²) < 4.78 is 45.1. The van der Waals surface area contributed by atoms with Gasteiger partial charge in [-0.3, -0.25) is 9.10 Å². The third kappa shape index (κ3) is 7.54. The average molecular weight is 609 g/mol. The Morgan fingerprint density at radius 1 is 0.881 bits per heavy atom. The third-order valence-corrected chi connectivity index (χ3v) is 8.67. The second kappa shape index (κ2) is 13.6. The molecule has 0 aliphatic rings. The Bertz CT molecular complexity index is 1610. The van der Waals surface area contributed by atoms with Gasteiger partial charge in [0.2, 0.25) is 0 Å². The van der Waals surface area contributed by atoms with Gasteiger partial charge in [-0.05, 0) is 85.6 Å². The monoisotopic (exact) mass is 608 g/mol. The van der Waals surface area contributed by atoms with E-state index in [2.05, 4.69) is 5.32 Å². The largest absolute Gasteiger partial charge is 0.493 e. The predicted octanol–water partition coefficient (Wildman–Crippen LogP) is 6.32. The lowest BCUT2D eigenvalue weighted by atomic mass is 10.1. The molecule has 42 heavy (non-hydrogen) atoms. The molecule has 0 unspecified atom stereocenters. The van der Waals surface area contributed by atoms with E-state index in [-0.39, 0.29) is 30.0 Å². The number of nitrogens with one attached hydrogen (secondary N) is 1. The van der Waals surface area contributed by atoms with Gasteiger partial charge in [-0.2, -0.15) is 0 Å². The molecule has 0 aromatic heterocycles. The first kappa shape index (κ1) is 30.7. The van der Waals surface area contributed by atoms with Crippen molar-refractivity contribution in [2.45, 2.75) is 31.3 Å². The number of carbonyl (C=O) groups is 1. The van der Waals surface area contributed by atoms with Gasteiger partial charge in [0.25, 0.3) is 15.9 Å². The fourth-order valence-electron chi connectivity index (χ4n) is 4.25. The van der Waals surface area contributed by atoms with Crippen LogP contribution in [0.5, 0.6) is 17.2 Å². The van der Waals surface area contributed by atoms with Crippen LogP contribution in [0, 0.1) is 6.92 Å². The molecule has 0 saturated heterocycles. The SMILES string of the molecule is COc1ccc([C@H](C)NC(=O)COc2ccc(N(Cc3ccc(Cl)cc3)S(=O)(=O)c3ccc(C)cc3)cc2)cc1OC. The fourth-order valence-corrected chi connectivity index (χ4v) is 5.83. The zero-order valence-electron chi connectivity index (χ0n) is 23.8. The number of carbonyl (C=O) groups excluding carboxylic acids is 1. The number of nitrogens with zero attached hydrogens (tertiary/aromatic N) is 1. The van der Waals surface area contributed by atoms with Crippen LogP contribution in [0.15, 0.2) is 95.9 Å². The lowest BCUT2D eigenvalue weighted by Crippen LogP contribution is -2.31. The molecule has 0 fully saturated rings. The number of anilines is 1. The van der Waals surface area contributed by atoms with E-state index in [0.717, 1.165) is 16.7 Å². The summed E-state index contributed by atoms with van der Waals surface area (Å²) in [6, 6.07) is 25.5. The lowest BCUT2D eigenvalue weighted by molar-refractivity contribution is -0.123. The molecule has 0 bridgehead atoms. The van der Waals surface area contributed by atoms with Crippen molar-refractivity contribution in [3.63, 3.8) is 0 Å². The molecule has 1 atom stereocenters. The second-order valence-electron chi connectivity index (χ2n) is 9.64. The molecule has 10 heteroatoms. The van der Waals surface area contributed by atoms with Crippen LogP contribution in [-0.4, -0.2) is 35.2 Å². The Morgan fingerprint density at radius 2 is 1.52 bits per heavy atom. The predicted molar refractivity (Wildman–Crippen MR) is 164 cm³/mol. The fraction of sp³-hybridized carbons (Fsp3) is 0.219. The lowest BCUT2D eigenvalue weighted by Gasteiger charge is -2.25. The number of hydrogen-bond donors (Lipinski definition) is 1. The van der Waals surface area contributed by atoms with Gasteiger partial charge in [-0.25, -0.2) is 8.42 Å². The quantitative estimate of drug-likeness (QED) is 0.202. The van der Waals surface area contributed by atoms with E-state index in [9.17, 15) is 13.2 Å². The second-order valence-corrected chi connectivity index (χ2v) is 11.9. The van der Waals surface area contributed by atoms with E-state index < -0.39 is 10.0 Å². The number of hydrogen-bond acceptors (Lipinski definition) is 6. The van der Waals surface area contributed by atoms with E-state index in [1.54, 1.807) is 93.1 Å².